The molecule has 1 saturated heterocycles. The first kappa shape index (κ1) is 17.3. The highest BCUT2D eigenvalue weighted by Crippen LogP contribution is 2.20. The van der Waals surface area contributed by atoms with Crippen molar-refractivity contribution >= 4 is 11.9 Å². The van der Waals surface area contributed by atoms with Gasteiger partial charge in [0.2, 0.25) is 5.91 Å². The Bertz CT molecular complexity index is 575. The van der Waals surface area contributed by atoms with Crippen molar-refractivity contribution in [2.24, 2.45) is 7.05 Å². The summed E-state index contributed by atoms with van der Waals surface area (Å²) >= 11 is 0. The average molecular weight is 321 g/mol. The van der Waals surface area contributed by atoms with Crippen LogP contribution in [-0.4, -0.2) is 46.3 Å². The van der Waals surface area contributed by atoms with Gasteiger partial charge in [0.25, 0.3) is 0 Å². The van der Waals surface area contributed by atoms with Gasteiger partial charge in [-0.2, -0.15) is 5.10 Å². The lowest BCUT2D eigenvalue weighted by Crippen LogP contribution is -2.39. The molecule has 0 aliphatic carbocycles. The van der Waals surface area contributed by atoms with Crippen LogP contribution in [0.5, 0.6) is 0 Å². The highest BCUT2D eigenvalue weighted by Gasteiger charge is 2.19. The lowest BCUT2D eigenvalue weighted by Gasteiger charge is -2.17. The third-order valence-corrected chi connectivity index (χ3v) is 4.43. The molecule has 0 bridgehead atoms. The molecule has 128 valence electrons. The van der Waals surface area contributed by atoms with E-state index in [0.29, 0.717) is 13.0 Å². The molecule has 7 heteroatoms. The van der Waals surface area contributed by atoms with Crippen LogP contribution in [0.3, 0.4) is 0 Å². The van der Waals surface area contributed by atoms with Crippen LogP contribution in [-0.2, 0) is 11.8 Å². The molecule has 1 aliphatic heterocycles. The molecule has 3 amide bonds. The lowest BCUT2D eigenvalue weighted by atomic mass is 10.1. The number of hydrogen-bond donors (Lipinski definition) is 2. The van der Waals surface area contributed by atoms with E-state index in [9.17, 15) is 9.59 Å². The van der Waals surface area contributed by atoms with Gasteiger partial charge < -0.3 is 15.5 Å². The SMILES string of the molecule is Cc1nn(C)c(C)c1C(C)NC(=O)NCCC(=O)N1CCCC1. The molecule has 1 aliphatic rings. The number of aromatic nitrogens is 2. The van der Waals surface area contributed by atoms with Gasteiger partial charge in [0.05, 0.1) is 11.7 Å². The molecule has 1 aromatic heterocycles. The van der Waals surface area contributed by atoms with E-state index in [1.54, 1.807) is 0 Å². The maximum absolute atomic E-state index is 12.0. The van der Waals surface area contributed by atoms with Crippen LogP contribution in [0.15, 0.2) is 0 Å². The van der Waals surface area contributed by atoms with Crippen LogP contribution < -0.4 is 10.6 Å². The first-order valence-electron chi connectivity index (χ1n) is 8.22. The summed E-state index contributed by atoms with van der Waals surface area (Å²) in [6.07, 6.45) is 2.52. The topological polar surface area (TPSA) is 79.3 Å². The summed E-state index contributed by atoms with van der Waals surface area (Å²) in [5.41, 5.74) is 3.00. The Hall–Kier alpha value is -2.05. The summed E-state index contributed by atoms with van der Waals surface area (Å²) in [5, 5.41) is 10.0. The molecule has 2 rings (SSSR count). The average Bonchev–Trinajstić information content (AvgIpc) is 3.08. The van der Waals surface area contributed by atoms with Crippen molar-refractivity contribution in [3.8, 4) is 0 Å². The van der Waals surface area contributed by atoms with E-state index in [1.165, 1.54) is 0 Å². The Morgan fingerprint density at radius 1 is 1.26 bits per heavy atom. The summed E-state index contributed by atoms with van der Waals surface area (Å²) in [5.74, 6) is 0.120. The summed E-state index contributed by atoms with van der Waals surface area (Å²) in [4.78, 5) is 25.8. The molecular weight excluding hydrogens is 294 g/mol. The number of carbonyl (C=O) groups is 2. The van der Waals surface area contributed by atoms with E-state index >= 15 is 0 Å². The molecule has 0 radical (unpaired) electrons. The van der Waals surface area contributed by atoms with Gasteiger partial charge in [0.15, 0.2) is 0 Å². The molecular formula is C16H27N5O2. The van der Waals surface area contributed by atoms with Crippen LogP contribution in [0.4, 0.5) is 4.79 Å². The van der Waals surface area contributed by atoms with Gasteiger partial charge in [-0.15, -0.1) is 0 Å². The number of hydrogen-bond acceptors (Lipinski definition) is 3. The van der Waals surface area contributed by atoms with Crippen LogP contribution in [0.25, 0.3) is 0 Å². The Balaban J connectivity index is 1.77. The zero-order valence-electron chi connectivity index (χ0n) is 14.5. The van der Waals surface area contributed by atoms with Crippen molar-refractivity contribution in [2.45, 2.75) is 46.1 Å². The molecule has 1 aromatic rings. The second kappa shape index (κ2) is 7.48. The standard InChI is InChI=1S/C16H27N5O2/c1-11(15-12(2)19-20(4)13(15)3)18-16(23)17-8-7-14(22)21-9-5-6-10-21/h11H,5-10H2,1-4H3,(H2,17,18,23). The smallest absolute Gasteiger partial charge is 0.315 e. The van der Waals surface area contributed by atoms with Crippen LogP contribution in [0, 0.1) is 13.8 Å². The second-order valence-electron chi connectivity index (χ2n) is 6.17. The zero-order chi connectivity index (χ0) is 17.0. The fourth-order valence-electron chi connectivity index (χ4n) is 3.14. The minimum atomic E-state index is -0.255. The van der Waals surface area contributed by atoms with Crippen molar-refractivity contribution < 1.29 is 9.59 Å². The number of nitrogens with one attached hydrogen (secondary N) is 2. The molecule has 0 aromatic carbocycles. The summed E-state index contributed by atoms with van der Waals surface area (Å²) in [6.45, 7) is 7.92. The normalized spacial score (nSPS) is 15.6. The monoisotopic (exact) mass is 321 g/mol. The summed E-state index contributed by atoms with van der Waals surface area (Å²) in [6, 6.07) is -0.382. The molecule has 1 fully saturated rings. The zero-order valence-corrected chi connectivity index (χ0v) is 14.5. The number of aryl methyl sites for hydroxylation is 2. The number of rotatable bonds is 5. The van der Waals surface area contributed by atoms with E-state index in [2.05, 4.69) is 15.7 Å². The fourth-order valence-corrected chi connectivity index (χ4v) is 3.14. The fraction of sp³-hybridized carbons (Fsp3) is 0.688. The van der Waals surface area contributed by atoms with Crippen LogP contribution in [0.2, 0.25) is 0 Å². The first-order valence-corrected chi connectivity index (χ1v) is 8.22. The number of nitrogens with zero attached hydrogens (tertiary/aromatic N) is 3. The molecule has 2 heterocycles. The third kappa shape index (κ3) is 4.24. The lowest BCUT2D eigenvalue weighted by molar-refractivity contribution is -0.129. The van der Waals surface area contributed by atoms with Gasteiger partial charge in [-0.05, 0) is 33.6 Å². The van der Waals surface area contributed by atoms with Crippen molar-refractivity contribution in [3.05, 3.63) is 17.0 Å². The highest BCUT2D eigenvalue weighted by atomic mass is 16.2. The predicted molar refractivity (Wildman–Crippen MR) is 88.1 cm³/mol. The molecule has 0 spiro atoms. The molecule has 1 atom stereocenters. The molecule has 2 N–H and O–H groups in total. The van der Waals surface area contributed by atoms with Gasteiger partial charge in [-0.1, -0.05) is 0 Å². The second-order valence-corrected chi connectivity index (χ2v) is 6.17. The van der Waals surface area contributed by atoms with Crippen molar-refractivity contribution in [1.29, 1.82) is 0 Å². The Labute approximate surface area is 137 Å². The maximum atomic E-state index is 12.0. The van der Waals surface area contributed by atoms with Gasteiger partial charge in [-0.3, -0.25) is 9.48 Å². The third-order valence-electron chi connectivity index (χ3n) is 4.43. The molecule has 0 saturated carbocycles. The van der Waals surface area contributed by atoms with Crippen LogP contribution >= 0.6 is 0 Å². The summed E-state index contributed by atoms with van der Waals surface area (Å²) < 4.78 is 1.81. The van der Waals surface area contributed by atoms with Crippen molar-refractivity contribution in [1.82, 2.24) is 25.3 Å². The largest absolute Gasteiger partial charge is 0.343 e. The van der Waals surface area contributed by atoms with E-state index in [1.807, 2.05) is 37.4 Å². The number of urea groups is 1. The molecule has 23 heavy (non-hydrogen) atoms. The first-order chi connectivity index (χ1) is 10.9. The van der Waals surface area contributed by atoms with Gasteiger partial charge in [0, 0.05) is 44.4 Å². The number of carbonyl (C=O) groups excluding carboxylic acids is 2. The minimum Gasteiger partial charge on any atom is -0.343 e. The Morgan fingerprint density at radius 3 is 2.48 bits per heavy atom. The van der Waals surface area contributed by atoms with E-state index in [-0.39, 0.29) is 18.0 Å². The highest BCUT2D eigenvalue weighted by molar-refractivity contribution is 5.78. The maximum Gasteiger partial charge on any atom is 0.315 e. The van der Waals surface area contributed by atoms with E-state index in [4.69, 9.17) is 0 Å². The van der Waals surface area contributed by atoms with E-state index in [0.717, 1.165) is 42.9 Å². The quantitative estimate of drug-likeness (QED) is 0.860. The van der Waals surface area contributed by atoms with Gasteiger partial charge in [-0.25, -0.2) is 4.79 Å². The van der Waals surface area contributed by atoms with Crippen LogP contribution in [0.1, 0.15) is 49.2 Å². The predicted octanol–water partition coefficient (Wildman–Crippen LogP) is 1.41. The van der Waals surface area contributed by atoms with Crippen molar-refractivity contribution in [2.75, 3.05) is 19.6 Å². The van der Waals surface area contributed by atoms with Crippen molar-refractivity contribution in [3.63, 3.8) is 0 Å². The number of amides is 3. The van der Waals surface area contributed by atoms with E-state index < -0.39 is 0 Å². The molecule has 7 nitrogen and oxygen atoms in total. The Kier molecular flexibility index (Phi) is 5.63. The minimum absolute atomic E-state index is 0.120. The number of likely N-dealkylation sites (tertiary alicyclic amines) is 1. The van der Waals surface area contributed by atoms with Gasteiger partial charge in [0.1, 0.15) is 0 Å². The summed E-state index contributed by atoms with van der Waals surface area (Å²) in [7, 11) is 1.89. The molecule has 1 unspecified atom stereocenters. The Morgan fingerprint density at radius 2 is 1.91 bits per heavy atom. The van der Waals surface area contributed by atoms with Gasteiger partial charge >= 0.3 is 6.03 Å².